The lowest BCUT2D eigenvalue weighted by Gasteiger charge is -2.14. The summed E-state index contributed by atoms with van der Waals surface area (Å²) in [4.78, 5) is 0. The average Bonchev–Trinajstić information content (AvgIpc) is 2.03. The van der Waals surface area contributed by atoms with Crippen LogP contribution in [0.1, 0.15) is 45.4 Å². The second-order valence-electron chi connectivity index (χ2n) is 3.44. The molecule has 0 aromatic heterocycles. The van der Waals surface area contributed by atoms with Gasteiger partial charge in [0.2, 0.25) is 0 Å². The highest BCUT2D eigenvalue weighted by atomic mass is 14.9. The van der Waals surface area contributed by atoms with E-state index >= 15 is 0 Å². The monoisotopic (exact) mass is 173 g/mol. The number of nitrogens with two attached hydrogens (primary N) is 3. The third-order valence-electron chi connectivity index (χ3n) is 2.14. The zero-order valence-electron chi connectivity index (χ0n) is 8.13. The first-order chi connectivity index (χ1) is 5.68. The summed E-state index contributed by atoms with van der Waals surface area (Å²) in [6.45, 7) is 2.21. The van der Waals surface area contributed by atoms with Gasteiger partial charge in [-0.25, -0.2) is 0 Å². The van der Waals surface area contributed by atoms with E-state index in [-0.39, 0.29) is 12.2 Å². The highest BCUT2D eigenvalue weighted by Gasteiger charge is 2.06. The molecule has 0 aromatic rings. The minimum atomic E-state index is -0.351. The van der Waals surface area contributed by atoms with Gasteiger partial charge in [-0.1, -0.05) is 39.0 Å². The summed E-state index contributed by atoms with van der Waals surface area (Å²) in [6, 6.07) is -0.0216. The van der Waals surface area contributed by atoms with Crippen molar-refractivity contribution in [1.29, 1.82) is 0 Å². The molecule has 1 unspecified atom stereocenters. The molecule has 6 N–H and O–H groups in total. The number of hydrogen-bond donors (Lipinski definition) is 3. The molecule has 0 saturated carbocycles. The van der Waals surface area contributed by atoms with Crippen molar-refractivity contribution in [1.82, 2.24) is 0 Å². The first-order valence-electron chi connectivity index (χ1n) is 4.95. The van der Waals surface area contributed by atoms with Crippen molar-refractivity contribution in [2.24, 2.45) is 17.2 Å². The largest absolute Gasteiger partial charge is 0.325 e. The molecule has 1 atom stereocenters. The van der Waals surface area contributed by atoms with Crippen LogP contribution in [0.3, 0.4) is 0 Å². The fourth-order valence-electron chi connectivity index (χ4n) is 1.18. The molecule has 0 aliphatic rings. The van der Waals surface area contributed by atoms with E-state index in [1.165, 1.54) is 25.7 Å². The van der Waals surface area contributed by atoms with Crippen molar-refractivity contribution in [3.8, 4) is 0 Å². The van der Waals surface area contributed by atoms with Gasteiger partial charge in [-0.05, 0) is 6.42 Å². The zero-order valence-corrected chi connectivity index (χ0v) is 8.13. The summed E-state index contributed by atoms with van der Waals surface area (Å²) >= 11 is 0. The van der Waals surface area contributed by atoms with Crippen LogP contribution in [0.5, 0.6) is 0 Å². The first-order valence-corrected chi connectivity index (χ1v) is 4.95. The quantitative estimate of drug-likeness (QED) is 0.395. The fourth-order valence-corrected chi connectivity index (χ4v) is 1.18. The van der Waals surface area contributed by atoms with Gasteiger partial charge in [0, 0.05) is 6.04 Å². The van der Waals surface area contributed by atoms with E-state index in [0.717, 1.165) is 12.8 Å². The SMILES string of the molecule is CCCCCCCC(N)C(N)N. The normalized spacial score (nSPS) is 13.8. The van der Waals surface area contributed by atoms with Crippen molar-refractivity contribution in [2.45, 2.75) is 57.7 Å². The van der Waals surface area contributed by atoms with E-state index < -0.39 is 0 Å². The highest BCUT2D eigenvalue weighted by molar-refractivity contribution is 4.69. The predicted octanol–water partition coefficient (Wildman–Crippen LogP) is 0.918. The van der Waals surface area contributed by atoms with Crippen LogP contribution in [-0.4, -0.2) is 12.2 Å². The molecule has 0 aromatic carbocycles. The van der Waals surface area contributed by atoms with Crippen LogP contribution in [0.2, 0.25) is 0 Å². The Morgan fingerprint density at radius 1 is 0.917 bits per heavy atom. The van der Waals surface area contributed by atoms with E-state index in [9.17, 15) is 0 Å². The standard InChI is InChI=1S/C9H23N3/c1-2-3-4-5-6-7-8(10)9(11)12/h8-9H,2-7,10-12H2,1H3. The van der Waals surface area contributed by atoms with Gasteiger partial charge in [0.05, 0.1) is 6.17 Å². The van der Waals surface area contributed by atoms with Crippen molar-refractivity contribution in [3.05, 3.63) is 0 Å². The number of rotatable bonds is 7. The second-order valence-corrected chi connectivity index (χ2v) is 3.44. The van der Waals surface area contributed by atoms with Crippen LogP contribution in [-0.2, 0) is 0 Å². The van der Waals surface area contributed by atoms with Crippen LogP contribution in [0.15, 0.2) is 0 Å². The molecule has 12 heavy (non-hydrogen) atoms. The molecule has 0 amide bonds. The molecular weight excluding hydrogens is 150 g/mol. The minimum Gasteiger partial charge on any atom is -0.325 e. The van der Waals surface area contributed by atoms with Gasteiger partial charge in [0.15, 0.2) is 0 Å². The Balaban J connectivity index is 3.08. The third-order valence-corrected chi connectivity index (χ3v) is 2.14. The summed E-state index contributed by atoms with van der Waals surface area (Å²) in [5.41, 5.74) is 16.5. The van der Waals surface area contributed by atoms with E-state index in [2.05, 4.69) is 6.92 Å². The molecule has 0 aliphatic heterocycles. The second kappa shape index (κ2) is 7.53. The molecule has 0 aliphatic carbocycles. The van der Waals surface area contributed by atoms with Gasteiger partial charge in [0.25, 0.3) is 0 Å². The number of hydrogen-bond acceptors (Lipinski definition) is 3. The molecular formula is C9H23N3. The summed E-state index contributed by atoms with van der Waals surface area (Å²) in [6.07, 6.45) is 6.94. The summed E-state index contributed by atoms with van der Waals surface area (Å²) in [7, 11) is 0. The molecule has 0 heterocycles. The Morgan fingerprint density at radius 2 is 1.50 bits per heavy atom. The van der Waals surface area contributed by atoms with Crippen LogP contribution in [0, 0.1) is 0 Å². The third kappa shape index (κ3) is 6.58. The van der Waals surface area contributed by atoms with Crippen molar-refractivity contribution in [2.75, 3.05) is 0 Å². The maximum Gasteiger partial charge on any atom is 0.0677 e. The maximum atomic E-state index is 5.68. The molecule has 0 spiro atoms. The molecule has 74 valence electrons. The van der Waals surface area contributed by atoms with Gasteiger partial charge >= 0.3 is 0 Å². The molecule has 0 fully saturated rings. The van der Waals surface area contributed by atoms with Gasteiger partial charge < -0.3 is 17.2 Å². The highest BCUT2D eigenvalue weighted by Crippen LogP contribution is 2.06. The molecule has 0 saturated heterocycles. The number of unbranched alkanes of at least 4 members (excludes halogenated alkanes) is 4. The Kier molecular flexibility index (Phi) is 7.45. The summed E-state index contributed by atoms with van der Waals surface area (Å²) in [5, 5.41) is 0. The summed E-state index contributed by atoms with van der Waals surface area (Å²) in [5.74, 6) is 0. The van der Waals surface area contributed by atoms with Gasteiger partial charge in [-0.2, -0.15) is 0 Å². The lowest BCUT2D eigenvalue weighted by molar-refractivity contribution is 0.475. The fraction of sp³-hybridized carbons (Fsp3) is 1.00. The molecule has 0 radical (unpaired) electrons. The van der Waals surface area contributed by atoms with Crippen LogP contribution >= 0.6 is 0 Å². The van der Waals surface area contributed by atoms with Crippen molar-refractivity contribution in [3.63, 3.8) is 0 Å². The van der Waals surface area contributed by atoms with E-state index in [1.54, 1.807) is 0 Å². The smallest absolute Gasteiger partial charge is 0.0677 e. The Labute approximate surface area is 75.7 Å². The van der Waals surface area contributed by atoms with E-state index in [0.29, 0.717) is 0 Å². The van der Waals surface area contributed by atoms with Crippen LogP contribution < -0.4 is 17.2 Å². The molecule has 0 bridgehead atoms. The van der Waals surface area contributed by atoms with Crippen LogP contribution in [0.25, 0.3) is 0 Å². The van der Waals surface area contributed by atoms with E-state index in [1.807, 2.05) is 0 Å². The first kappa shape index (κ1) is 11.9. The zero-order chi connectivity index (χ0) is 9.40. The van der Waals surface area contributed by atoms with Crippen LogP contribution in [0.4, 0.5) is 0 Å². The summed E-state index contributed by atoms with van der Waals surface area (Å²) < 4.78 is 0. The maximum absolute atomic E-state index is 5.68. The van der Waals surface area contributed by atoms with E-state index in [4.69, 9.17) is 17.2 Å². The Morgan fingerprint density at radius 3 is 2.00 bits per heavy atom. The van der Waals surface area contributed by atoms with Gasteiger partial charge in [-0.15, -0.1) is 0 Å². The molecule has 0 rings (SSSR count). The van der Waals surface area contributed by atoms with Crippen molar-refractivity contribution < 1.29 is 0 Å². The topological polar surface area (TPSA) is 78.1 Å². The Bertz CT molecular complexity index is 93.8. The van der Waals surface area contributed by atoms with Gasteiger partial charge in [-0.3, -0.25) is 0 Å². The Hall–Kier alpha value is -0.120. The minimum absolute atomic E-state index is 0.0216. The lowest BCUT2D eigenvalue weighted by Crippen LogP contribution is -2.47. The van der Waals surface area contributed by atoms with Gasteiger partial charge in [0.1, 0.15) is 0 Å². The average molecular weight is 173 g/mol. The molecule has 3 nitrogen and oxygen atoms in total. The predicted molar refractivity (Wildman–Crippen MR) is 53.5 cm³/mol. The molecule has 3 heteroatoms. The van der Waals surface area contributed by atoms with Crippen molar-refractivity contribution >= 4 is 0 Å². The lowest BCUT2D eigenvalue weighted by atomic mass is 10.1.